The Bertz CT molecular complexity index is 1080. The van der Waals surface area contributed by atoms with Crippen LogP contribution >= 0.6 is 0 Å². The third-order valence-electron chi connectivity index (χ3n) is 4.25. The number of nitrogens with one attached hydrogen (secondary N) is 2. The molecule has 0 radical (unpaired) electrons. The summed E-state index contributed by atoms with van der Waals surface area (Å²) < 4.78 is 10.6. The average Bonchev–Trinajstić information content (AvgIpc) is 3.21. The summed E-state index contributed by atoms with van der Waals surface area (Å²) in [5.41, 5.74) is 2.54. The second kappa shape index (κ2) is 8.31. The quantitative estimate of drug-likeness (QED) is 0.641. The molecular formula is C23H18N2O4. The zero-order chi connectivity index (χ0) is 20.1. The van der Waals surface area contributed by atoms with Crippen molar-refractivity contribution in [2.45, 2.75) is 0 Å². The van der Waals surface area contributed by atoms with E-state index in [1.807, 2.05) is 30.3 Å². The van der Waals surface area contributed by atoms with E-state index in [1.165, 1.54) is 6.08 Å². The van der Waals surface area contributed by atoms with Gasteiger partial charge in [-0.25, -0.2) is 0 Å². The molecule has 0 aliphatic carbocycles. The smallest absolute Gasteiger partial charge is 0.255 e. The van der Waals surface area contributed by atoms with Crippen LogP contribution in [0.1, 0.15) is 15.9 Å². The number of hydrogen-bond donors (Lipinski definition) is 2. The number of amides is 2. The maximum Gasteiger partial charge on any atom is 0.255 e. The van der Waals surface area contributed by atoms with Gasteiger partial charge in [-0.2, -0.15) is 0 Å². The Balaban J connectivity index is 1.40. The van der Waals surface area contributed by atoms with Gasteiger partial charge in [0.1, 0.15) is 0 Å². The van der Waals surface area contributed by atoms with Crippen molar-refractivity contribution in [3.05, 3.63) is 90.0 Å². The number of carbonyl (C=O) groups excluding carboxylic acids is 2. The van der Waals surface area contributed by atoms with Crippen molar-refractivity contribution in [2.24, 2.45) is 0 Å². The minimum absolute atomic E-state index is 0.154. The number of ether oxygens (including phenoxy) is 2. The second-order valence-electron chi connectivity index (χ2n) is 6.34. The van der Waals surface area contributed by atoms with Crippen molar-refractivity contribution in [3.63, 3.8) is 0 Å². The van der Waals surface area contributed by atoms with Gasteiger partial charge >= 0.3 is 0 Å². The minimum Gasteiger partial charge on any atom is -0.454 e. The van der Waals surface area contributed by atoms with E-state index in [2.05, 4.69) is 10.6 Å². The number of rotatable bonds is 5. The molecule has 6 heteroatoms. The highest BCUT2D eigenvalue weighted by Gasteiger charge is 2.16. The van der Waals surface area contributed by atoms with Gasteiger partial charge in [0.15, 0.2) is 11.5 Å². The molecule has 1 heterocycles. The first-order valence-corrected chi connectivity index (χ1v) is 9.02. The summed E-state index contributed by atoms with van der Waals surface area (Å²) in [6, 6.07) is 21.5. The predicted octanol–water partition coefficient (Wildman–Crippen LogP) is 4.32. The molecule has 0 saturated heterocycles. The van der Waals surface area contributed by atoms with Crippen molar-refractivity contribution >= 4 is 29.3 Å². The first-order valence-electron chi connectivity index (χ1n) is 9.02. The molecule has 1 aliphatic rings. The van der Waals surface area contributed by atoms with E-state index in [-0.39, 0.29) is 18.6 Å². The van der Waals surface area contributed by atoms with Crippen LogP contribution in [-0.4, -0.2) is 18.6 Å². The van der Waals surface area contributed by atoms with Crippen molar-refractivity contribution in [2.75, 3.05) is 17.4 Å². The molecular weight excluding hydrogens is 368 g/mol. The monoisotopic (exact) mass is 386 g/mol. The highest BCUT2D eigenvalue weighted by Crippen LogP contribution is 2.32. The number of anilines is 2. The molecule has 29 heavy (non-hydrogen) atoms. The van der Waals surface area contributed by atoms with Gasteiger partial charge in [-0.3, -0.25) is 9.59 Å². The van der Waals surface area contributed by atoms with Crippen molar-refractivity contribution < 1.29 is 19.1 Å². The highest BCUT2D eigenvalue weighted by atomic mass is 16.7. The fourth-order valence-electron chi connectivity index (χ4n) is 2.84. The summed E-state index contributed by atoms with van der Waals surface area (Å²) in [6.45, 7) is 0.154. The maximum atomic E-state index is 12.5. The van der Waals surface area contributed by atoms with Crippen LogP contribution < -0.4 is 20.1 Å². The lowest BCUT2D eigenvalue weighted by atomic mass is 10.2. The van der Waals surface area contributed by atoms with Gasteiger partial charge in [-0.1, -0.05) is 36.4 Å². The molecule has 1 aliphatic heterocycles. The Morgan fingerprint density at radius 3 is 2.38 bits per heavy atom. The fraction of sp³-hybridized carbons (Fsp3) is 0.0435. The van der Waals surface area contributed by atoms with Crippen molar-refractivity contribution in [1.29, 1.82) is 0 Å². The molecule has 0 saturated carbocycles. The Morgan fingerprint density at radius 2 is 1.55 bits per heavy atom. The van der Waals surface area contributed by atoms with Crippen molar-refractivity contribution in [3.8, 4) is 11.5 Å². The van der Waals surface area contributed by atoms with Crippen LogP contribution in [0.2, 0.25) is 0 Å². The first-order chi connectivity index (χ1) is 14.2. The van der Waals surface area contributed by atoms with Crippen LogP contribution in [0, 0.1) is 0 Å². The van der Waals surface area contributed by atoms with Gasteiger partial charge in [-0.15, -0.1) is 0 Å². The Labute approximate surface area is 167 Å². The van der Waals surface area contributed by atoms with E-state index < -0.39 is 0 Å². The molecule has 144 valence electrons. The maximum absolute atomic E-state index is 12.5. The SMILES string of the molecule is O=C(C=Cc1ccccc1)Nc1cccc(NC(=O)c2ccc3c(c2)OCO3)c1. The number of benzene rings is 3. The summed E-state index contributed by atoms with van der Waals surface area (Å²) in [6.07, 6.45) is 3.20. The van der Waals surface area contributed by atoms with Crippen LogP contribution in [0.5, 0.6) is 11.5 Å². The lowest BCUT2D eigenvalue weighted by Gasteiger charge is -2.08. The molecule has 0 bridgehead atoms. The van der Waals surface area contributed by atoms with E-state index in [9.17, 15) is 9.59 Å². The lowest BCUT2D eigenvalue weighted by molar-refractivity contribution is -0.111. The Morgan fingerprint density at radius 1 is 0.793 bits per heavy atom. The zero-order valence-corrected chi connectivity index (χ0v) is 15.4. The number of hydrogen-bond acceptors (Lipinski definition) is 4. The number of fused-ring (bicyclic) bond motifs is 1. The minimum atomic E-state index is -0.282. The molecule has 6 nitrogen and oxygen atoms in total. The van der Waals surface area contributed by atoms with Crippen LogP contribution in [0.25, 0.3) is 6.08 Å². The molecule has 3 aromatic carbocycles. The molecule has 0 unspecified atom stereocenters. The second-order valence-corrected chi connectivity index (χ2v) is 6.34. The van der Waals surface area contributed by atoms with Gasteiger partial charge in [0.2, 0.25) is 12.7 Å². The summed E-state index contributed by atoms with van der Waals surface area (Å²) in [5, 5.41) is 5.60. The summed E-state index contributed by atoms with van der Waals surface area (Å²) >= 11 is 0. The van der Waals surface area contributed by atoms with Crippen LogP contribution in [0.3, 0.4) is 0 Å². The van der Waals surface area contributed by atoms with Crippen LogP contribution in [-0.2, 0) is 4.79 Å². The third kappa shape index (κ3) is 4.62. The van der Waals surface area contributed by atoms with Crippen molar-refractivity contribution in [1.82, 2.24) is 0 Å². The molecule has 0 atom stereocenters. The predicted molar refractivity (Wildman–Crippen MR) is 111 cm³/mol. The van der Waals surface area contributed by atoms with Crippen LogP contribution in [0.4, 0.5) is 11.4 Å². The summed E-state index contributed by atoms with van der Waals surface area (Å²) in [4.78, 5) is 24.6. The summed E-state index contributed by atoms with van der Waals surface area (Å²) in [7, 11) is 0. The topological polar surface area (TPSA) is 76.7 Å². The molecule has 0 spiro atoms. The lowest BCUT2D eigenvalue weighted by Crippen LogP contribution is -2.12. The van der Waals surface area contributed by atoms with Gasteiger partial charge in [0.25, 0.3) is 5.91 Å². The van der Waals surface area contributed by atoms with E-state index in [0.29, 0.717) is 28.4 Å². The Kier molecular flexibility index (Phi) is 5.25. The zero-order valence-electron chi connectivity index (χ0n) is 15.4. The van der Waals surface area contributed by atoms with Gasteiger partial charge in [0.05, 0.1) is 0 Å². The van der Waals surface area contributed by atoms with E-state index >= 15 is 0 Å². The molecule has 0 aromatic heterocycles. The Hall–Kier alpha value is -4.06. The largest absolute Gasteiger partial charge is 0.454 e. The first kappa shape index (κ1) is 18.3. The van der Waals surface area contributed by atoms with E-state index in [4.69, 9.17) is 9.47 Å². The van der Waals surface area contributed by atoms with Gasteiger partial charge < -0.3 is 20.1 Å². The molecule has 0 fully saturated rings. The molecule has 2 amide bonds. The van der Waals surface area contributed by atoms with Crippen LogP contribution in [0.15, 0.2) is 78.9 Å². The summed E-state index contributed by atoms with van der Waals surface area (Å²) in [5.74, 6) is 0.627. The molecule has 4 rings (SSSR count). The molecule has 2 N–H and O–H groups in total. The van der Waals surface area contributed by atoms with Gasteiger partial charge in [0, 0.05) is 23.0 Å². The number of carbonyl (C=O) groups is 2. The standard InChI is InChI=1S/C23H18N2O4/c26-22(12-9-16-5-2-1-3-6-16)24-18-7-4-8-19(14-18)25-23(27)17-10-11-20-21(13-17)29-15-28-20/h1-14H,15H2,(H,24,26)(H,25,27). The van der Waals surface area contributed by atoms with E-state index in [1.54, 1.807) is 48.5 Å². The fourth-order valence-corrected chi connectivity index (χ4v) is 2.84. The average molecular weight is 386 g/mol. The third-order valence-corrected chi connectivity index (χ3v) is 4.25. The molecule has 3 aromatic rings. The van der Waals surface area contributed by atoms with E-state index in [0.717, 1.165) is 5.56 Å². The highest BCUT2D eigenvalue weighted by molar-refractivity contribution is 6.06. The normalized spacial score (nSPS) is 12.0. The van der Waals surface area contributed by atoms with Gasteiger partial charge in [-0.05, 0) is 48.0 Å².